The first-order chi connectivity index (χ1) is 16.8. The summed E-state index contributed by atoms with van der Waals surface area (Å²) in [4.78, 5) is 36.7. The van der Waals surface area contributed by atoms with Crippen LogP contribution >= 0.6 is 0 Å². The summed E-state index contributed by atoms with van der Waals surface area (Å²) >= 11 is 0. The number of alkyl carbamates (subject to hydrolysis) is 1. The summed E-state index contributed by atoms with van der Waals surface area (Å²) in [7, 11) is 0. The highest BCUT2D eigenvalue weighted by atomic mass is 16.5. The zero-order valence-corrected chi connectivity index (χ0v) is 20.5. The fourth-order valence-corrected chi connectivity index (χ4v) is 4.25. The first kappa shape index (κ1) is 26.2. The summed E-state index contributed by atoms with van der Waals surface area (Å²) in [5.41, 5.74) is 4.39. The molecule has 0 fully saturated rings. The van der Waals surface area contributed by atoms with Crippen molar-refractivity contribution in [2.45, 2.75) is 51.6 Å². The Morgan fingerprint density at radius 2 is 1.57 bits per heavy atom. The highest BCUT2D eigenvalue weighted by Crippen LogP contribution is 2.44. The van der Waals surface area contributed by atoms with Crippen LogP contribution in [0.25, 0.3) is 11.1 Å². The van der Waals surface area contributed by atoms with Crippen molar-refractivity contribution in [2.24, 2.45) is 5.92 Å². The third-order valence-electron chi connectivity index (χ3n) is 6.23. The minimum Gasteiger partial charge on any atom is -0.481 e. The summed E-state index contributed by atoms with van der Waals surface area (Å²) in [6.45, 7) is 6.72. The molecule has 8 nitrogen and oxygen atoms in total. The molecule has 8 heteroatoms. The molecule has 0 aliphatic heterocycles. The van der Waals surface area contributed by atoms with E-state index in [0.29, 0.717) is 13.2 Å². The first-order valence-corrected chi connectivity index (χ1v) is 12.0. The van der Waals surface area contributed by atoms with Crippen molar-refractivity contribution in [1.29, 1.82) is 0 Å². The topological polar surface area (TPSA) is 114 Å². The van der Waals surface area contributed by atoms with E-state index in [-0.39, 0.29) is 37.3 Å². The Balaban J connectivity index is 1.65. The number of aliphatic carboxylic acids is 1. The van der Waals surface area contributed by atoms with Gasteiger partial charge in [0, 0.05) is 18.9 Å². The second-order valence-electron chi connectivity index (χ2n) is 8.97. The molecule has 0 saturated heterocycles. The van der Waals surface area contributed by atoms with Crippen molar-refractivity contribution in [3.05, 3.63) is 59.7 Å². The van der Waals surface area contributed by atoms with Crippen LogP contribution in [0.3, 0.4) is 0 Å². The molecular weight excluding hydrogens is 448 g/mol. The van der Waals surface area contributed by atoms with Gasteiger partial charge in [0.1, 0.15) is 12.6 Å². The Labute approximate surface area is 206 Å². The second kappa shape index (κ2) is 12.4. The number of hydrogen-bond acceptors (Lipinski definition) is 5. The maximum atomic E-state index is 12.9. The number of fused-ring (bicyclic) bond motifs is 3. The molecular formula is C27H34N2O6. The van der Waals surface area contributed by atoms with Crippen molar-refractivity contribution >= 4 is 18.0 Å². The van der Waals surface area contributed by atoms with Gasteiger partial charge >= 0.3 is 12.1 Å². The van der Waals surface area contributed by atoms with Gasteiger partial charge in [0.25, 0.3) is 0 Å². The average molecular weight is 483 g/mol. The lowest BCUT2D eigenvalue weighted by Gasteiger charge is -2.25. The van der Waals surface area contributed by atoms with Crippen molar-refractivity contribution < 1.29 is 29.0 Å². The van der Waals surface area contributed by atoms with Gasteiger partial charge in [-0.15, -0.1) is 0 Å². The zero-order valence-electron chi connectivity index (χ0n) is 20.5. The molecule has 0 saturated carbocycles. The van der Waals surface area contributed by atoms with Crippen LogP contribution in [0.15, 0.2) is 48.5 Å². The lowest BCUT2D eigenvalue weighted by Crippen LogP contribution is -2.52. The molecule has 2 aromatic rings. The van der Waals surface area contributed by atoms with Gasteiger partial charge in [-0.25, -0.2) is 4.79 Å². The lowest BCUT2D eigenvalue weighted by atomic mass is 9.98. The summed E-state index contributed by atoms with van der Waals surface area (Å²) < 4.78 is 11.0. The van der Waals surface area contributed by atoms with Gasteiger partial charge in [0.15, 0.2) is 0 Å². The van der Waals surface area contributed by atoms with E-state index < -0.39 is 24.0 Å². The highest BCUT2D eigenvalue weighted by molar-refractivity contribution is 5.86. The van der Waals surface area contributed by atoms with E-state index in [9.17, 15) is 14.4 Å². The number of nitrogens with one attached hydrogen (secondary N) is 2. The zero-order chi connectivity index (χ0) is 25.4. The molecule has 188 valence electrons. The summed E-state index contributed by atoms with van der Waals surface area (Å²) in [5, 5.41) is 14.5. The molecule has 0 radical (unpaired) electrons. The normalized spacial score (nSPS) is 14.1. The standard InChI is InChI=1S/C27H34N2O6/c1-4-34-16-24(17(2)3)28-26(32)23(13-14-25(30)31)29-27(33)35-15-22-20-11-7-5-9-18(20)19-10-6-8-12-21(19)22/h5-12,17,22-24H,4,13-16H2,1-3H3,(H,28,32)(H,29,33)(H,30,31). The van der Waals surface area contributed by atoms with Crippen molar-refractivity contribution in [3.63, 3.8) is 0 Å². The number of carbonyl (C=O) groups is 3. The minimum absolute atomic E-state index is 0.0508. The van der Waals surface area contributed by atoms with Gasteiger partial charge in [-0.2, -0.15) is 0 Å². The van der Waals surface area contributed by atoms with Crippen LogP contribution in [0.2, 0.25) is 0 Å². The summed E-state index contributed by atoms with van der Waals surface area (Å²) in [6, 6.07) is 14.7. The number of carboxylic acids is 1. The van der Waals surface area contributed by atoms with Crippen molar-refractivity contribution in [1.82, 2.24) is 10.6 Å². The van der Waals surface area contributed by atoms with Crippen LogP contribution in [-0.2, 0) is 19.1 Å². The molecule has 2 aromatic carbocycles. The number of hydrogen-bond donors (Lipinski definition) is 3. The molecule has 0 heterocycles. The highest BCUT2D eigenvalue weighted by Gasteiger charge is 2.30. The van der Waals surface area contributed by atoms with Crippen LogP contribution in [0.5, 0.6) is 0 Å². The molecule has 0 spiro atoms. The third-order valence-corrected chi connectivity index (χ3v) is 6.23. The molecule has 3 N–H and O–H groups in total. The van der Waals surface area contributed by atoms with Crippen LogP contribution in [0.1, 0.15) is 50.7 Å². The van der Waals surface area contributed by atoms with Gasteiger partial charge in [-0.3, -0.25) is 9.59 Å². The van der Waals surface area contributed by atoms with E-state index in [4.69, 9.17) is 14.6 Å². The molecule has 0 bridgehead atoms. The van der Waals surface area contributed by atoms with E-state index in [0.717, 1.165) is 22.3 Å². The maximum absolute atomic E-state index is 12.9. The average Bonchev–Trinajstić information content (AvgIpc) is 3.16. The summed E-state index contributed by atoms with van der Waals surface area (Å²) in [5.74, 6) is -1.53. The molecule has 3 rings (SSSR count). The molecule has 1 aliphatic carbocycles. The number of carbonyl (C=O) groups excluding carboxylic acids is 2. The number of carboxylic acid groups (broad SMARTS) is 1. The Morgan fingerprint density at radius 1 is 0.971 bits per heavy atom. The van der Waals surface area contributed by atoms with E-state index in [1.807, 2.05) is 69.3 Å². The monoisotopic (exact) mass is 482 g/mol. The van der Waals surface area contributed by atoms with E-state index >= 15 is 0 Å². The van der Waals surface area contributed by atoms with E-state index in [2.05, 4.69) is 10.6 Å². The largest absolute Gasteiger partial charge is 0.481 e. The van der Waals surface area contributed by atoms with Gasteiger partial charge in [0.05, 0.1) is 12.6 Å². The molecule has 2 unspecified atom stereocenters. The Kier molecular flexibility index (Phi) is 9.25. The molecule has 1 aliphatic rings. The molecule has 35 heavy (non-hydrogen) atoms. The molecule has 2 amide bonds. The van der Waals surface area contributed by atoms with Crippen LogP contribution in [-0.4, -0.2) is 55.0 Å². The van der Waals surface area contributed by atoms with Crippen molar-refractivity contribution in [3.8, 4) is 11.1 Å². The fourth-order valence-electron chi connectivity index (χ4n) is 4.25. The van der Waals surface area contributed by atoms with Crippen molar-refractivity contribution in [2.75, 3.05) is 19.8 Å². The predicted molar refractivity (Wildman–Crippen MR) is 132 cm³/mol. The second-order valence-corrected chi connectivity index (χ2v) is 8.97. The van der Waals surface area contributed by atoms with Crippen LogP contribution in [0, 0.1) is 5.92 Å². The van der Waals surface area contributed by atoms with Crippen LogP contribution < -0.4 is 10.6 Å². The Bertz CT molecular complexity index is 992. The number of ether oxygens (including phenoxy) is 2. The maximum Gasteiger partial charge on any atom is 0.407 e. The fraction of sp³-hybridized carbons (Fsp3) is 0.444. The van der Waals surface area contributed by atoms with Gasteiger partial charge in [-0.05, 0) is 41.5 Å². The first-order valence-electron chi connectivity index (χ1n) is 12.0. The third kappa shape index (κ3) is 6.82. The van der Waals surface area contributed by atoms with Gasteiger partial charge in [-0.1, -0.05) is 62.4 Å². The Morgan fingerprint density at radius 3 is 2.11 bits per heavy atom. The van der Waals surface area contributed by atoms with Gasteiger partial charge < -0.3 is 25.2 Å². The Hall–Kier alpha value is -3.39. The van der Waals surface area contributed by atoms with E-state index in [1.54, 1.807) is 0 Å². The lowest BCUT2D eigenvalue weighted by molar-refractivity contribution is -0.137. The number of rotatable bonds is 12. The predicted octanol–water partition coefficient (Wildman–Crippen LogP) is 3.94. The molecule has 0 aromatic heterocycles. The van der Waals surface area contributed by atoms with Gasteiger partial charge in [0.2, 0.25) is 5.91 Å². The summed E-state index contributed by atoms with van der Waals surface area (Å²) in [6.07, 6.45) is -1.08. The smallest absolute Gasteiger partial charge is 0.407 e. The number of amides is 2. The quantitative estimate of drug-likeness (QED) is 0.422. The number of benzene rings is 2. The molecule has 2 atom stereocenters. The van der Waals surface area contributed by atoms with E-state index in [1.165, 1.54) is 0 Å². The minimum atomic E-state index is -1.05. The SMILES string of the molecule is CCOCC(NC(=O)C(CCC(=O)O)NC(=O)OCC1c2ccccc2-c2ccccc21)C(C)C. The van der Waals surface area contributed by atoms with Crippen LogP contribution in [0.4, 0.5) is 4.79 Å².